The number of fused-ring (bicyclic) bond motifs is 1. The van der Waals surface area contributed by atoms with Crippen molar-refractivity contribution < 1.29 is 29.9 Å². The molecule has 0 spiro atoms. The number of hydrogen-bond donors (Lipinski definition) is 4. The third-order valence-corrected chi connectivity index (χ3v) is 10.8. The zero-order valence-corrected chi connectivity index (χ0v) is 31.1. The van der Waals surface area contributed by atoms with Gasteiger partial charge in [-0.25, -0.2) is 4.79 Å². The molecule has 9 nitrogen and oxygen atoms in total. The van der Waals surface area contributed by atoms with Gasteiger partial charge in [-0.3, -0.25) is 19.9 Å². The number of aliphatic hydroxyl groups excluding tert-OH is 2. The average Bonchev–Trinajstić information content (AvgIpc) is 3.13. The molecule has 5 atom stereocenters. The Balaban J connectivity index is 1.44. The van der Waals surface area contributed by atoms with Gasteiger partial charge in [0.2, 0.25) is 11.8 Å². The number of pyridine rings is 1. The molecule has 0 aliphatic heterocycles. The number of nitrogens with zero attached hydrogens (tertiary/aromatic N) is 2. The second-order valence-corrected chi connectivity index (χ2v) is 15.4. The van der Waals surface area contributed by atoms with E-state index < -0.39 is 36.1 Å². The lowest BCUT2D eigenvalue weighted by Crippen LogP contribution is -2.98. The number of likely N-dealkylation sites (N-methyl/N-ethyl adjacent to an activating group) is 1. The number of terminal acetylenes is 1. The number of aromatic nitrogens is 1. The zero-order valence-electron chi connectivity index (χ0n) is 31.1. The molecule has 2 unspecified atom stereocenters. The van der Waals surface area contributed by atoms with Gasteiger partial charge >= 0.3 is 5.91 Å². The maximum atomic E-state index is 14.0. The third-order valence-electron chi connectivity index (χ3n) is 10.8. The monoisotopic (exact) mass is 701 g/mol. The Labute approximate surface area is 305 Å². The number of quaternary nitrogens is 1. The molecule has 2 aliphatic rings. The fourth-order valence-electron chi connectivity index (χ4n) is 7.71. The first-order valence-electron chi connectivity index (χ1n) is 19.3. The van der Waals surface area contributed by atoms with E-state index in [1.165, 1.54) is 35.7 Å². The highest BCUT2D eigenvalue weighted by molar-refractivity contribution is 5.88. The molecule has 9 heteroatoms. The van der Waals surface area contributed by atoms with Crippen LogP contribution < -0.4 is 10.6 Å². The standard InChI is InChI=1S/C42H60N4O5/c1-5-14-36(42(51)45-37(25-31-17-10-7-11-18-31)40(49)38(47)23-29(2)3)44-41(50)34(24-30-15-8-6-9-16-30)27-39(48)46(4)22-21-35-26-32-19-12-13-20-33(32)28-43-35/h1,6,8-9,15-16,26,28-29,31,34,36-38,40,47,49H,7,10-14,17-25,27H2,2-4H3,(H,44,50)(H,45,51)/p+1/t34?,36-,37?,38-,40+/m0/s1. The first-order valence-corrected chi connectivity index (χ1v) is 19.3. The summed E-state index contributed by atoms with van der Waals surface area (Å²) in [6.07, 6.45) is 17.5. The maximum absolute atomic E-state index is 14.0. The van der Waals surface area contributed by atoms with Crippen LogP contribution in [0.1, 0.15) is 107 Å². The molecule has 51 heavy (non-hydrogen) atoms. The lowest BCUT2D eigenvalue weighted by Gasteiger charge is -2.30. The number of carbonyl (C=O) groups excluding carboxylic acids is 3. The molecule has 2 aliphatic carbocycles. The lowest BCUT2D eigenvalue weighted by molar-refractivity contribution is -0.620. The number of primary amides is 1. The molecule has 1 aromatic carbocycles. The minimum absolute atomic E-state index is 0.0262. The molecular weight excluding hydrogens is 640 g/mol. The van der Waals surface area contributed by atoms with Gasteiger partial charge in [-0.05, 0) is 73.1 Å². The quantitative estimate of drug-likeness (QED) is 0.174. The molecular formula is C42H61N4O5+. The summed E-state index contributed by atoms with van der Waals surface area (Å²) in [4.78, 5) is 47.7. The van der Waals surface area contributed by atoms with Gasteiger partial charge < -0.3 is 20.4 Å². The predicted molar refractivity (Wildman–Crippen MR) is 199 cm³/mol. The summed E-state index contributed by atoms with van der Waals surface area (Å²) in [6, 6.07) is 10.1. The minimum Gasteiger partial charge on any atom is -0.390 e. The lowest BCUT2D eigenvalue weighted by atomic mass is 9.82. The molecule has 0 saturated heterocycles. The number of hydrogen-bond acceptors (Lipinski definition) is 6. The van der Waals surface area contributed by atoms with E-state index in [0.717, 1.165) is 49.8 Å². The van der Waals surface area contributed by atoms with E-state index in [4.69, 9.17) is 6.42 Å². The van der Waals surface area contributed by atoms with E-state index in [2.05, 4.69) is 22.3 Å². The number of benzene rings is 1. The van der Waals surface area contributed by atoms with Crippen LogP contribution in [0.25, 0.3) is 0 Å². The van der Waals surface area contributed by atoms with Gasteiger partial charge in [-0.15, -0.1) is 12.3 Å². The van der Waals surface area contributed by atoms with Crippen molar-refractivity contribution in [3.63, 3.8) is 0 Å². The second-order valence-electron chi connectivity index (χ2n) is 15.4. The molecule has 1 heterocycles. The molecule has 1 fully saturated rings. The summed E-state index contributed by atoms with van der Waals surface area (Å²) in [5.74, 6) is 1.39. The second kappa shape index (κ2) is 20.5. The van der Waals surface area contributed by atoms with Crippen molar-refractivity contribution in [1.82, 2.24) is 15.2 Å². The molecule has 1 saturated carbocycles. The van der Waals surface area contributed by atoms with Crippen molar-refractivity contribution in [2.75, 3.05) is 13.6 Å². The van der Waals surface area contributed by atoms with E-state index in [9.17, 15) is 24.6 Å². The highest BCUT2D eigenvalue weighted by Gasteiger charge is 2.37. The minimum atomic E-state index is -1.10. The number of carbonyl (C=O) groups is 3. The highest BCUT2D eigenvalue weighted by atomic mass is 16.3. The van der Waals surface area contributed by atoms with Crippen LogP contribution in [-0.4, -0.2) is 75.7 Å². The predicted octanol–water partition coefficient (Wildman–Crippen LogP) is 3.92. The summed E-state index contributed by atoms with van der Waals surface area (Å²) < 4.78 is 0. The Morgan fingerprint density at radius 3 is 2.43 bits per heavy atom. The first kappa shape index (κ1) is 40.2. The molecule has 0 radical (unpaired) electrons. The molecule has 4 rings (SSSR count). The van der Waals surface area contributed by atoms with Crippen LogP contribution in [0.3, 0.4) is 0 Å². The van der Waals surface area contributed by atoms with E-state index >= 15 is 0 Å². The molecule has 0 bridgehead atoms. The van der Waals surface area contributed by atoms with Crippen molar-refractivity contribution in [1.29, 1.82) is 0 Å². The van der Waals surface area contributed by atoms with E-state index in [-0.39, 0.29) is 30.6 Å². The van der Waals surface area contributed by atoms with Crippen molar-refractivity contribution in [2.45, 2.75) is 134 Å². The number of rotatable bonds is 18. The van der Waals surface area contributed by atoms with Crippen molar-refractivity contribution in [3.05, 3.63) is 65.0 Å². The van der Waals surface area contributed by atoms with Gasteiger partial charge in [0.05, 0.1) is 12.0 Å². The number of nitrogens with two attached hydrogens (primary N) is 1. The summed E-state index contributed by atoms with van der Waals surface area (Å²) >= 11 is 0. The smallest absolute Gasteiger partial charge is 0.334 e. The average molecular weight is 702 g/mol. The van der Waals surface area contributed by atoms with Crippen LogP contribution in [0.2, 0.25) is 0 Å². The maximum Gasteiger partial charge on any atom is 0.334 e. The summed E-state index contributed by atoms with van der Waals surface area (Å²) in [7, 11) is 1.75. The number of aryl methyl sites for hydroxylation is 2. The fraction of sp³-hybridized carbons (Fsp3) is 0.619. The van der Waals surface area contributed by atoms with Crippen LogP contribution in [0, 0.1) is 30.1 Å². The largest absolute Gasteiger partial charge is 0.390 e. The number of aliphatic hydroxyl groups is 2. The first-order chi connectivity index (χ1) is 24.5. The Morgan fingerprint density at radius 2 is 1.75 bits per heavy atom. The van der Waals surface area contributed by atoms with Gasteiger partial charge in [0.1, 0.15) is 12.1 Å². The molecule has 1 aromatic heterocycles. The van der Waals surface area contributed by atoms with Gasteiger partial charge in [0.15, 0.2) is 6.04 Å². The Hall–Kier alpha value is -3.58. The molecule has 3 amide bonds. The van der Waals surface area contributed by atoms with E-state index in [1.54, 1.807) is 11.9 Å². The Kier molecular flexibility index (Phi) is 16.1. The molecule has 5 N–H and O–H groups in total. The fourth-order valence-corrected chi connectivity index (χ4v) is 7.71. The zero-order chi connectivity index (χ0) is 36.8. The third kappa shape index (κ3) is 12.9. The van der Waals surface area contributed by atoms with Crippen molar-refractivity contribution >= 4 is 17.7 Å². The van der Waals surface area contributed by atoms with Crippen LogP contribution in [0.15, 0.2) is 42.6 Å². The van der Waals surface area contributed by atoms with Crippen LogP contribution in [0.4, 0.5) is 0 Å². The highest BCUT2D eigenvalue weighted by Crippen LogP contribution is 2.28. The van der Waals surface area contributed by atoms with Crippen molar-refractivity contribution in [2.24, 2.45) is 17.8 Å². The van der Waals surface area contributed by atoms with Crippen molar-refractivity contribution in [3.8, 4) is 12.3 Å². The normalized spacial score (nSPS) is 17.7. The van der Waals surface area contributed by atoms with Crippen LogP contribution in [0.5, 0.6) is 0 Å². The van der Waals surface area contributed by atoms with Crippen LogP contribution >= 0.6 is 0 Å². The summed E-state index contributed by atoms with van der Waals surface area (Å²) in [5, 5.41) is 26.5. The number of amides is 3. The van der Waals surface area contributed by atoms with Crippen LogP contribution in [-0.2, 0) is 40.1 Å². The topological polar surface area (TPSA) is 136 Å². The van der Waals surface area contributed by atoms with E-state index in [0.29, 0.717) is 38.1 Å². The SMILES string of the molecule is C#CC[C@H](NC(=O)C(CC(=O)N(C)CCc1cc2c(cn1)CCCC2)Cc1ccccc1)C(=O)[NH2+]C(CC1CCCCC1)[C@@H](O)[C@@H](O)CC(C)C. The van der Waals surface area contributed by atoms with Gasteiger partial charge in [0, 0.05) is 51.2 Å². The summed E-state index contributed by atoms with van der Waals surface area (Å²) in [5.41, 5.74) is 4.55. The van der Waals surface area contributed by atoms with Gasteiger partial charge in [-0.2, -0.15) is 0 Å². The van der Waals surface area contributed by atoms with Gasteiger partial charge in [0.25, 0.3) is 0 Å². The Bertz CT molecular complexity index is 1450. The van der Waals surface area contributed by atoms with E-state index in [1.807, 2.05) is 50.4 Å². The number of nitrogens with one attached hydrogen (secondary N) is 1. The summed E-state index contributed by atoms with van der Waals surface area (Å²) in [6.45, 7) is 4.45. The Morgan fingerprint density at radius 1 is 1.04 bits per heavy atom. The molecule has 2 aromatic rings. The molecule has 278 valence electrons. The van der Waals surface area contributed by atoms with Gasteiger partial charge in [-0.1, -0.05) is 76.3 Å².